The third-order valence-corrected chi connectivity index (χ3v) is 13.5. The molecule has 0 saturated carbocycles. The van der Waals surface area contributed by atoms with Crippen molar-refractivity contribution in [2.24, 2.45) is 5.92 Å². The van der Waals surface area contributed by atoms with E-state index in [0.717, 1.165) is 67.0 Å². The van der Waals surface area contributed by atoms with Crippen LogP contribution in [0.3, 0.4) is 0 Å². The largest absolute Gasteiger partial charge is 0.493 e. The van der Waals surface area contributed by atoms with Gasteiger partial charge in [-0.25, -0.2) is 0 Å². The number of carbonyl (C=O) groups is 2. The van der Waals surface area contributed by atoms with Gasteiger partial charge in [0.1, 0.15) is 0 Å². The van der Waals surface area contributed by atoms with Gasteiger partial charge >= 0.3 is 5.97 Å². The Morgan fingerprint density at radius 1 is 1.00 bits per heavy atom. The van der Waals surface area contributed by atoms with Gasteiger partial charge in [0, 0.05) is 63.6 Å². The number of esters is 1. The van der Waals surface area contributed by atoms with E-state index in [1.54, 1.807) is 20.3 Å². The number of nitrogens with zero attached hydrogens (tertiary/aromatic N) is 1. The summed E-state index contributed by atoms with van der Waals surface area (Å²) >= 11 is 10.9. The fourth-order valence-corrected chi connectivity index (χ4v) is 10.7. The van der Waals surface area contributed by atoms with Gasteiger partial charge < -0.3 is 19.1 Å². The van der Waals surface area contributed by atoms with Crippen LogP contribution in [-0.2, 0) is 37.7 Å². The zero-order chi connectivity index (χ0) is 35.1. The highest BCUT2D eigenvalue weighted by atomic mass is 35.5. The molecule has 1 heterocycles. The number of thioether (sulfide) groups is 2. The summed E-state index contributed by atoms with van der Waals surface area (Å²) in [5, 5.41) is 1.10. The number of Topliss-reactive ketones (excluding diaryl/α,β-unsaturated/α-hetero) is 1. The summed E-state index contributed by atoms with van der Waals surface area (Å²) in [6.45, 7) is 0.834. The first-order valence-corrected chi connectivity index (χ1v) is 20.3. The summed E-state index contributed by atoms with van der Waals surface area (Å²) < 4.78 is 17.6. The molecule has 0 aromatic heterocycles. The Morgan fingerprint density at radius 2 is 1.72 bits per heavy atom. The van der Waals surface area contributed by atoms with E-state index >= 15 is 0 Å². The lowest BCUT2D eigenvalue weighted by Gasteiger charge is -2.56. The number of rotatable bonds is 16. The number of methoxy groups -OCH3 is 2. The molecule has 3 aromatic carbocycles. The molecule has 3 aromatic rings. The van der Waals surface area contributed by atoms with Gasteiger partial charge in [-0.1, -0.05) is 78.7 Å². The van der Waals surface area contributed by atoms with E-state index in [-0.39, 0.29) is 30.1 Å². The number of ketones is 1. The standard InChI is InChI=1S/C41H48ClNO5S2/c1-43-20-19-41-25-35(44)36(46-2)23-32(41)34(43)22-31-33(42)24-37(47-3)40(39(31)41)48-38(45)17-11-10-16-30(50-27-29-14-8-5-9-15-29)18-21-49-26-28-12-6-4-7-13-28/h4-9,12-15,23-24,30,32,34H,10-11,16-22,25-27H2,1-3H3/t30?,32?,34-,41+/m0/s1. The van der Waals surface area contributed by atoms with E-state index < -0.39 is 5.41 Å². The van der Waals surface area contributed by atoms with E-state index in [4.69, 9.17) is 25.8 Å². The number of ether oxygens (including phenoxy) is 3. The van der Waals surface area contributed by atoms with Crippen molar-refractivity contribution in [3.05, 3.63) is 106 Å². The number of unbranched alkanes of at least 4 members (excludes halogenated alkanes) is 1. The Hall–Kier alpha value is -2.91. The SMILES string of the molecule is COC1=CC2[C@@H]3Cc4c(Cl)cc(OC)c(OC(=O)CCCCC(CCSCc5ccccc5)SCc5ccccc5)c4[C@]2(CCN3C)CC1=O. The van der Waals surface area contributed by atoms with Crippen molar-refractivity contribution in [2.45, 2.75) is 79.6 Å². The maximum Gasteiger partial charge on any atom is 0.311 e. The zero-order valence-corrected chi connectivity index (χ0v) is 31.7. The molecule has 6 nitrogen and oxygen atoms in total. The molecule has 1 saturated heterocycles. The van der Waals surface area contributed by atoms with Gasteiger partial charge in [-0.2, -0.15) is 23.5 Å². The molecule has 50 heavy (non-hydrogen) atoms. The van der Waals surface area contributed by atoms with Gasteiger partial charge in [-0.15, -0.1) is 0 Å². The normalized spacial score (nSPS) is 21.8. The van der Waals surface area contributed by atoms with Gasteiger partial charge in [0.15, 0.2) is 23.0 Å². The molecule has 9 heteroatoms. The van der Waals surface area contributed by atoms with Crippen LogP contribution >= 0.6 is 35.1 Å². The van der Waals surface area contributed by atoms with E-state index in [9.17, 15) is 9.59 Å². The third-order valence-electron chi connectivity index (χ3n) is 10.7. The summed E-state index contributed by atoms with van der Waals surface area (Å²) in [4.78, 5) is 29.3. The van der Waals surface area contributed by atoms with Crippen molar-refractivity contribution in [1.29, 1.82) is 0 Å². The van der Waals surface area contributed by atoms with Crippen molar-refractivity contribution in [3.8, 4) is 11.5 Å². The lowest BCUT2D eigenvalue weighted by Crippen LogP contribution is -2.60. The molecule has 266 valence electrons. The molecule has 0 N–H and O–H groups in total. The topological polar surface area (TPSA) is 65.1 Å². The second-order valence-corrected chi connectivity index (χ2v) is 16.5. The predicted octanol–water partition coefficient (Wildman–Crippen LogP) is 9.06. The summed E-state index contributed by atoms with van der Waals surface area (Å²) in [6.07, 6.45) is 7.91. The molecule has 2 aliphatic carbocycles. The quantitative estimate of drug-likeness (QED) is 0.0821. The second-order valence-electron chi connectivity index (χ2n) is 13.7. The number of likely N-dealkylation sites (tertiary alicyclic amines) is 1. The highest BCUT2D eigenvalue weighted by molar-refractivity contribution is 7.99. The number of hydrogen-bond donors (Lipinski definition) is 0. The molecule has 4 atom stereocenters. The van der Waals surface area contributed by atoms with Crippen molar-refractivity contribution in [2.75, 3.05) is 33.6 Å². The molecule has 1 fully saturated rings. The Bertz CT molecular complexity index is 1670. The molecule has 1 aliphatic heterocycles. The smallest absolute Gasteiger partial charge is 0.311 e. The van der Waals surface area contributed by atoms with Crippen molar-refractivity contribution in [3.63, 3.8) is 0 Å². The fraction of sp³-hybridized carbons (Fsp3) is 0.463. The Kier molecular flexibility index (Phi) is 12.6. The second kappa shape index (κ2) is 17.1. The van der Waals surface area contributed by atoms with Gasteiger partial charge in [0.25, 0.3) is 0 Å². The number of fused-ring (bicyclic) bond motifs is 1. The van der Waals surface area contributed by atoms with Crippen molar-refractivity contribution >= 4 is 46.9 Å². The molecule has 0 spiro atoms. The van der Waals surface area contributed by atoms with E-state index in [1.165, 1.54) is 11.1 Å². The third kappa shape index (κ3) is 8.25. The Balaban J connectivity index is 1.12. The van der Waals surface area contributed by atoms with Crippen LogP contribution < -0.4 is 9.47 Å². The highest BCUT2D eigenvalue weighted by Gasteiger charge is 2.57. The number of hydrogen-bond acceptors (Lipinski definition) is 8. The first-order chi connectivity index (χ1) is 24.3. The molecule has 0 radical (unpaired) electrons. The average molecular weight is 734 g/mol. The number of allylic oxidation sites excluding steroid dienone is 1. The van der Waals surface area contributed by atoms with Gasteiger partial charge in [0.2, 0.25) is 0 Å². The van der Waals surface area contributed by atoms with Crippen LogP contribution in [-0.4, -0.2) is 61.5 Å². The summed E-state index contributed by atoms with van der Waals surface area (Å²) in [5.74, 6) is 4.11. The highest BCUT2D eigenvalue weighted by Crippen LogP contribution is 2.59. The molecular weight excluding hydrogens is 686 g/mol. The summed E-state index contributed by atoms with van der Waals surface area (Å²) in [5.41, 5.74) is 3.98. The van der Waals surface area contributed by atoms with Crippen LogP contribution in [0, 0.1) is 5.92 Å². The van der Waals surface area contributed by atoms with E-state index in [2.05, 4.69) is 72.6 Å². The fourth-order valence-electron chi connectivity index (χ4n) is 8.02. The molecule has 2 unspecified atom stereocenters. The molecule has 2 bridgehead atoms. The predicted molar refractivity (Wildman–Crippen MR) is 205 cm³/mol. The monoisotopic (exact) mass is 733 g/mol. The van der Waals surface area contributed by atoms with Crippen molar-refractivity contribution < 1.29 is 23.8 Å². The van der Waals surface area contributed by atoms with Crippen LogP contribution in [0.4, 0.5) is 0 Å². The van der Waals surface area contributed by atoms with Crippen LogP contribution in [0.25, 0.3) is 0 Å². The number of carbonyl (C=O) groups excluding carboxylic acids is 2. The van der Waals surface area contributed by atoms with E-state index in [1.807, 2.05) is 29.6 Å². The van der Waals surface area contributed by atoms with Gasteiger partial charge in [-0.3, -0.25) is 9.59 Å². The summed E-state index contributed by atoms with van der Waals surface area (Å²) in [7, 11) is 5.26. The first kappa shape index (κ1) is 36.9. The van der Waals surface area contributed by atoms with Gasteiger partial charge in [-0.05, 0) is 74.2 Å². The summed E-state index contributed by atoms with van der Waals surface area (Å²) in [6, 6.07) is 23.2. The lowest BCUT2D eigenvalue weighted by atomic mass is 9.53. The minimum absolute atomic E-state index is 0.0261. The average Bonchev–Trinajstić information content (AvgIpc) is 3.13. The first-order valence-electron chi connectivity index (χ1n) is 17.7. The maximum atomic E-state index is 13.6. The molecule has 0 amide bonds. The number of benzene rings is 3. The maximum absolute atomic E-state index is 13.6. The van der Waals surface area contributed by atoms with Crippen LogP contribution in [0.15, 0.2) is 78.6 Å². The minimum Gasteiger partial charge on any atom is -0.493 e. The number of halogens is 1. The Labute approximate surface area is 310 Å². The van der Waals surface area contributed by atoms with Gasteiger partial charge in [0.05, 0.1) is 14.2 Å². The van der Waals surface area contributed by atoms with Crippen LogP contribution in [0.1, 0.15) is 67.2 Å². The molecular formula is C41H48ClNO5S2. The van der Waals surface area contributed by atoms with Crippen molar-refractivity contribution in [1.82, 2.24) is 4.90 Å². The molecule has 3 aliphatic rings. The van der Waals surface area contributed by atoms with Crippen LogP contribution in [0.2, 0.25) is 5.02 Å². The minimum atomic E-state index is -0.542. The lowest BCUT2D eigenvalue weighted by molar-refractivity contribution is -0.134. The number of likely N-dealkylation sites (N-methyl/N-ethyl adjacent to an activating group) is 1. The van der Waals surface area contributed by atoms with Crippen LogP contribution in [0.5, 0.6) is 11.5 Å². The Morgan fingerprint density at radius 3 is 2.42 bits per heavy atom. The van der Waals surface area contributed by atoms with E-state index in [0.29, 0.717) is 40.4 Å². The molecule has 6 rings (SSSR count). The zero-order valence-electron chi connectivity index (χ0n) is 29.3. The number of piperidine rings is 1.